The van der Waals surface area contributed by atoms with Crippen molar-refractivity contribution in [1.29, 1.82) is 0 Å². The summed E-state index contributed by atoms with van der Waals surface area (Å²) in [5.74, 6) is 0.971. The quantitative estimate of drug-likeness (QED) is 0.408. The Morgan fingerprint density at radius 1 is 0.844 bits per heavy atom. The summed E-state index contributed by atoms with van der Waals surface area (Å²) in [6, 6.07) is 23.8. The van der Waals surface area contributed by atoms with Crippen LogP contribution in [0.5, 0.6) is 5.75 Å². The number of benzene rings is 3. The van der Waals surface area contributed by atoms with E-state index in [0.717, 1.165) is 27.8 Å². The second kappa shape index (κ2) is 10.8. The second-order valence-electron chi connectivity index (χ2n) is 8.65. The predicted molar refractivity (Wildman–Crippen MR) is 132 cm³/mol. The van der Waals surface area contributed by atoms with Crippen LogP contribution in [0.2, 0.25) is 0 Å². The third kappa shape index (κ3) is 5.88. The van der Waals surface area contributed by atoms with E-state index in [0.29, 0.717) is 18.9 Å². The Morgan fingerprint density at radius 3 is 2.31 bits per heavy atom. The highest BCUT2D eigenvalue weighted by atomic mass is 16.3. The van der Waals surface area contributed by atoms with E-state index in [9.17, 15) is 9.90 Å². The van der Waals surface area contributed by atoms with Crippen molar-refractivity contribution < 1.29 is 9.90 Å². The molecule has 1 amide bonds. The zero-order chi connectivity index (χ0) is 22.2. The zero-order valence-corrected chi connectivity index (χ0v) is 18.5. The zero-order valence-electron chi connectivity index (χ0n) is 18.5. The summed E-state index contributed by atoms with van der Waals surface area (Å²) in [5.41, 5.74) is 5.54. The van der Waals surface area contributed by atoms with Crippen LogP contribution < -0.4 is 5.32 Å². The van der Waals surface area contributed by atoms with E-state index in [1.54, 1.807) is 12.1 Å². The van der Waals surface area contributed by atoms with Gasteiger partial charge in [0.25, 0.3) is 0 Å². The van der Waals surface area contributed by atoms with Gasteiger partial charge in [-0.2, -0.15) is 0 Å². The fraction of sp³-hybridized carbons (Fsp3) is 0.276. The SMILES string of the molecule is O=C(CC1CCCCC1)NCc1ccccc1-c1ccccc1C=Cc1ccc(O)cc1. The van der Waals surface area contributed by atoms with Crippen LogP contribution in [-0.4, -0.2) is 11.0 Å². The molecule has 32 heavy (non-hydrogen) atoms. The van der Waals surface area contributed by atoms with Gasteiger partial charge >= 0.3 is 0 Å². The largest absolute Gasteiger partial charge is 0.508 e. The van der Waals surface area contributed by atoms with E-state index in [1.807, 2.05) is 42.5 Å². The first-order valence-electron chi connectivity index (χ1n) is 11.6. The van der Waals surface area contributed by atoms with Crippen molar-refractivity contribution in [3.05, 3.63) is 89.5 Å². The van der Waals surface area contributed by atoms with E-state index in [1.165, 1.54) is 32.1 Å². The summed E-state index contributed by atoms with van der Waals surface area (Å²) in [4.78, 5) is 12.5. The molecule has 3 aromatic rings. The molecule has 4 rings (SSSR count). The summed E-state index contributed by atoms with van der Waals surface area (Å²) in [5, 5.41) is 12.7. The van der Waals surface area contributed by atoms with Crippen molar-refractivity contribution >= 4 is 18.1 Å². The van der Waals surface area contributed by atoms with E-state index in [4.69, 9.17) is 0 Å². The van der Waals surface area contributed by atoms with E-state index >= 15 is 0 Å². The topological polar surface area (TPSA) is 49.3 Å². The standard InChI is InChI=1S/C29H31NO2/c31-26-18-15-22(16-19-26)14-17-24-10-4-6-12-27(24)28-13-7-5-11-25(28)21-30-29(32)20-23-8-2-1-3-9-23/h4-7,10-19,23,31H,1-3,8-9,20-21H2,(H,30,32). The van der Waals surface area contributed by atoms with Crippen LogP contribution in [-0.2, 0) is 11.3 Å². The number of carbonyl (C=O) groups is 1. The minimum atomic E-state index is 0.159. The fourth-order valence-electron chi connectivity index (χ4n) is 4.52. The molecule has 0 aromatic heterocycles. The van der Waals surface area contributed by atoms with Crippen LogP contribution in [0, 0.1) is 5.92 Å². The lowest BCUT2D eigenvalue weighted by atomic mass is 9.87. The summed E-state index contributed by atoms with van der Waals surface area (Å²) in [7, 11) is 0. The number of aromatic hydroxyl groups is 1. The normalized spacial score (nSPS) is 14.5. The maximum Gasteiger partial charge on any atom is 0.220 e. The monoisotopic (exact) mass is 425 g/mol. The highest BCUT2D eigenvalue weighted by Crippen LogP contribution is 2.29. The van der Waals surface area contributed by atoms with Crippen LogP contribution in [0.4, 0.5) is 0 Å². The van der Waals surface area contributed by atoms with Gasteiger partial charge in [0.15, 0.2) is 0 Å². The van der Waals surface area contributed by atoms with Gasteiger partial charge in [-0.3, -0.25) is 4.79 Å². The Hall–Kier alpha value is -3.33. The molecule has 0 unspecified atom stereocenters. The molecule has 0 saturated heterocycles. The Morgan fingerprint density at radius 2 is 1.53 bits per heavy atom. The molecule has 0 radical (unpaired) electrons. The van der Waals surface area contributed by atoms with Gasteiger partial charge in [0.05, 0.1) is 0 Å². The van der Waals surface area contributed by atoms with Crippen LogP contribution in [0.15, 0.2) is 72.8 Å². The Labute approximate surface area is 190 Å². The number of amides is 1. The third-order valence-electron chi connectivity index (χ3n) is 6.29. The number of carbonyl (C=O) groups excluding carboxylic acids is 1. The molecule has 1 aliphatic rings. The summed E-state index contributed by atoms with van der Waals surface area (Å²) < 4.78 is 0. The maximum absolute atomic E-state index is 12.5. The predicted octanol–water partition coefficient (Wildman–Crippen LogP) is 6.82. The maximum atomic E-state index is 12.5. The van der Waals surface area contributed by atoms with Gasteiger partial charge in [0, 0.05) is 13.0 Å². The molecule has 1 fully saturated rings. The lowest BCUT2D eigenvalue weighted by Gasteiger charge is -2.21. The molecule has 3 nitrogen and oxygen atoms in total. The molecule has 3 heteroatoms. The Balaban J connectivity index is 1.49. The van der Waals surface area contributed by atoms with E-state index in [-0.39, 0.29) is 11.7 Å². The number of hydrogen-bond donors (Lipinski definition) is 2. The van der Waals surface area contributed by atoms with Gasteiger partial charge in [-0.1, -0.05) is 92.1 Å². The van der Waals surface area contributed by atoms with Crippen molar-refractivity contribution in [1.82, 2.24) is 5.32 Å². The fourth-order valence-corrected chi connectivity index (χ4v) is 4.52. The van der Waals surface area contributed by atoms with Crippen LogP contribution >= 0.6 is 0 Å². The molecule has 2 N–H and O–H groups in total. The van der Waals surface area contributed by atoms with Gasteiger partial charge in [0.2, 0.25) is 5.91 Å². The van der Waals surface area contributed by atoms with E-state index in [2.05, 4.69) is 35.7 Å². The number of phenolic OH excluding ortho intramolecular Hbond substituents is 1. The highest BCUT2D eigenvalue weighted by Gasteiger charge is 2.17. The number of hydrogen-bond acceptors (Lipinski definition) is 2. The van der Waals surface area contributed by atoms with Crippen LogP contribution in [0.1, 0.15) is 55.2 Å². The molecule has 1 aliphatic carbocycles. The first-order chi connectivity index (χ1) is 15.7. The van der Waals surface area contributed by atoms with Crippen molar-refractivity contribution in [3.63, 3.8) is 0 Å². The van der Waals surface area contributed by atoms with Crippen molar-refractivity contribution in [2.45, 2.75) is 45.1 Å². The lowest BCUT2D eigenvalue weighted by molar-refractivity contribution is -0.122. The average Bonchev–Trinajstić information content (AvgIpc) is 2.83. The van der Waals surface area contributed by atoms with E-state index < -0.39 is 0 Å². The number of nitrogens with one attached hydrogen (secondary N) is 1. The van der Waals surface area contributed by atoms with Gasteiger partial charge in [-0.05, 0) is 58.7 Å². The molecule has 0 bridgehead atoms. The molecule has 0 aliphatic heterocycles. The minimum absolute atomic E-state index is 0.159. The smallest absolute Gasteiger partial charge is 0.220 e. The summed E-state index contributed by atoms with van der Waals surface area (Å²) in [6.45, 7) is 0.539. The lowest BCUT2D eigenvalue weighted by Crippen LogP contribution is -2.26. The van der Waals surface area contributed by atoms with Crippen molar-refractivity contribution in [2.75, 3.05) is 0 Å². The molecular formula is C29H31NO2. The Kier molecular flexibility index (Phi) is 7.39. The first kappa shape index (κ1) is 21.9. The van der Waals surface area contributed by atoms with Crippen molar-refractivity contribution in [3.8, 4) is 16.9 Å². The Bertz CT molecular complexity index is 1060. The van der Waals surface area contributed by atoms with Crippen LogP contribution in [0.25, 0.3) is 23.3 Å². The van der Waals surface area contributed by atoms with Crippen LogP contribution in [0.3, 0.4) is 0 Å². The van der Waals surface area contributed by atoms with Crippen molar-refractivity contribution in [2.24, 2.45) is 5.92 Å². The highest BCUT2D eigenvalue weighted by molar-refractivity contribution is 5.82. The van der Waals surface area contributed by atoms with Gasteiger partial charge in [0.1, 0.15) is 5.75 Å². The molecular weight excluding hydrogens is 394 g/mol. The minimum Gasteiger partial charge on any atom is -0.508 e. The first-order valence-corrected chi connectivity index (χ1v) is 11.6. The second-order valence-corrected chi connectivity index (χ2v) is 8.65. The average molecular weight is 426 g/mol. The summed E-state index contributed by atoms with van der Waals surface area (Å²) >= 11 is 0. The number of phenols is 1. The molecule has 0 heterocycles. The van der Waals surface area contributed by atoms with Gasteiger partial charge in [-0.15, -0.1) is 0 Å². The third-order valence-corrected chi connectivity index (χ3v) is 6.29. The summed E-state index contributed by atoms with van der Waals surface area (Å²) in [6.07, 6.45) is 11.0. The van der Waals surface area contributed by atoms with Gasteiger partial charge < -0.3 is 10.4 Å². The molecule has 164 valence electrons. The molecule has 3 aromatic carbocycles. The number of rotatable bonds is 7. The molecule has 0 spiro atoms. The molecule has 1 saturated carbocycles. The van der Waals surface area contributed by atoms with Gasteiger partial charge in [-0.25, -0.2) is 0 Å². The molecule has 0 atom stereocenters.